The van der Waals surface area contributed by atoms with Crippen LogP contribution in [0.5, 0.6) is 5.75 Å². The van der Waals surface area contributed by atoms with E-state index in [0.717, 1.165) is 16.7 Å². The summed E-state index contributed by atoms with van der Waals surface area (Å²) in [7, 11) is 0. The number of carbonyl (C=O) groups is 1. The van der Waals surface area contributed by atoms with Crippen LogP contribution in [-0.4, -0.2) is 17.5 Å². The highest BCUT2D eigenvalue weighted by molar-refractivity contribution is 8.00. The first kappa shape index (κ1) is 24.1. The van der Waals surface area contributed by atoms with E-state index in [2.05, 4.69) is 5.32 Å². The van der Waals surface area contributed by atoms with E-state index in [1.807, 2.05) is 39.0 Å². The number of alkyl halides is 3. The molecule has 2 aromatic carbocycles. The predicted molar refractivity (Wildman–Crippen MR) is 113 cm³/mol. The van der Waals surface area contributed by atoms with E-state index in [1.54, 1.807) is 12.1 Å². The Morgan fingerprint density at radius 3 is 2.30 bits per heavy atom. The molecule has 0 saturated carbocycles. The fourth-order valence-electron chi connectivity index (χ4n) is 2.94. The lowest BCUT2D eigenvalue weighted by Gasteiger charge is -2.18. The Hall–Kier alpha value is -2.19. The van der Waals surface area contributed by atoms with E-state index >= 15 is 0 Å². The summed E-state index contributed by atoms with van der Waals surface area (Å²) < 4.78 is 43.0. The van der Waals surface area contributed by atoms with Crippen molar-refractivity contribution in [3.8, 4) is 5.75 Å². The van der Waals surface area contributed by atoms with Crippen LogP contribution in [0.4, 0.5) is 13.2 Å². The first-order valence-electron chi connectivity index (χ1n) is 9.63. The molecule has 3 N–H and O–H groups in total. The van der Waals surface area contributed by atoms with Crippen LogP contribution >= 0.6 is 11.8 Å². The molecule has 0 heterocycles. The Labute approximate surface area is 179 Å². The SMILES string of the molecule is Cc1cc(CN[C@@H](CC(C)C)C(N)=O)ccc1OCc1ccc(SC(F)(F)F)cc1. The maximum Gasteiger partial charge on any atom is 0.446 e. The topological polar surface area (TPSA) is 64.3 Å². The number of nitrogens with one attached hydrogen (secondary N) is 1. The number of aryl methyl sites for hydroxylation is 1. The Morgan fingerprint density at radius 1 is 1.13 bits per heavy atom. The van der Waals surface area contributed by atoms with Crippen molar-refractivity contribution in [2.45, 2.75) is 56.8 Å². The third-order valence-electron chi connectivity index (χ3n) is 4.39. The first-order chi connectivity index (χ1) is 14.0. The summed E-state index contributed by atoms with van der Waals surface area (Å²) in [6.07, 6.45) is 0.676. The van der Waals surface area contributed by atoms with Crippen molar-refractivity contribution in [2.75, 3.05) is 0 Å². The largest absolute Gasteiger partial charge is 0.489 e. The van der Waals surface area contributed by atoms with Crippen molar-refractivity contribution in [2.24, 2.45) is 11.7 Å². The van der Waals surface area contributed by atoms with Crippen molar-refractivity contribution in [1.82, 2.24) is 5.32 Å². The van der Waals surface area contributed by atoms with Gasteiger partial charge in [0.2, 0.25) is 5.91 Å². The van der Waals surface area contributed by atoms with Crippen LogP contribution in [0.2, 0.25) is 0 Å². The fraction of sp³-hybridized carbons (Fsp3) is 0.409. The summed E-state index contributed by atoms with van der Waals surface area (Å²) >= 11 is -0.136. The highest BCUT2D eigenvalue weighted by Gasteiger charge is 2.29. The molecule has 164 valence electrons. The molecule has 2 aromatic rings. The second-order valence-electron chi connectivity index (χ2n) is 7.55. The molecule has 0 saturated heterocycles. The Kier molecular flexibility index (Phi) is 8.61. The van der Waals surface area contributed by atoms with Crippen molar-refractivity contribution < 1.29 is 22.7 Å². The van der Waals surface area contributed by atoms with E-state index in [-0.39, 0.29) is 35.2 Å². The molecule has 0 bridgehead atoms. The van der Waals surface area contributed by atoms with Gasteiger partial charge in [-0.2, -0.15) is 13.2 Å². The van der Waals surface area contributed by atoms with Crippen LogP contribution in [0, 0.1) is 12.8 Å². The lowest BCUT2D eigenvalue weighted by molar-refractivity contribution is -0.120. The number of benzene rings is 2. The minimum absolute atomic E-state index is 0.136. The third-order valence-corrected chi connectivity index (χ3v) is 5.13. The maximum atomic E-state index is 12.4. The van der Waals surface area contributed by atoms with Gasteiger partial charge >= 0.3 is 5.51 Å². The van der Waals surface area contributed by atoms with Crippen LogP contribution in [0.25, 0.3) is 0 Å². The molecule has 30 heavy (non-hydrogen) atoms. The Balaban J connectivity index is 1.91. The number of thioether (sulfide) groups is 1. The quantitative estimate of drug-likeness (QED) is 0.500. The van der Waals surface area contributed by atoms with Crippen LogP contribution in [0.1, 0.15) is 37.0 Å². The van der Waals surface area contributed by atoms with Gasteiger partial charge in [-0.1, -0.05) is 38.1 Å². The zero-order valence-corrected chi connectivity index (χ0v) is 18.1. The number of ether oxygens (including phenoxy) is 1. The van der Waals surface area contributed by atoms with Crippen LogP contribution in [0.15, 0.2) is 47.4 Å². The second kappa shape index (κ2) is 10.7. The van der Waals surface area contributed by atoms with E-state index in [0.29, 0.717) is 24.6 Å². The Morgan fingerprint density at radius 2 is 1.77 bits per heavy atom. The number of hydrogen-bond acceptors (Lipinski definition) is 4. The monoisotopic (exact) mass is 440 g/mol. The van der Waals surface area contributed by atoms with Gasteiger partial charge in [0.1, 0.15) is 12.4 Å². The molecule has 8 heteroatoms. The molecule has 0 aliphatic rings. The zero-order chi connectivity index (χ0) is 22.3. The number of amides is 1. The summed E-state index contributed by atoms with van der Waals surface area (Å²) in [6.45, 7) is 6.77. The molecular weight excluding hydrogens is 413 g/mol. The molecule has 1 amide bonds. The molecule has 1 atom stereocenters. The van der Waals surface area contributed by atoms with Gasteiger partial charge in [0.05, 0.1) is 6.04 Å². The van der Waals surface area contributed by atoms with Crippen LogP contribution < -0.4 is 15.8 Å². The smallest absolute Gasteiger partial charge is 0.446 e. The van der Waals surface area contributed by atoms with E-state index < -0.39 is 5.51 Å². The van der Waals surface area contributed by atoms with Crippen molar-refractivity contribution in [3.63, 3.8) is 0 Å². The van der Waals surface area contributed by atoms with Crippen molar-refractivity contribution in [3.05, 3.63) is 59.2 Å². The van der Waals surface area contributed by atoms with Gasteiger partial charge in [-0.3, -0.25) is 4.79 Å². The molecule has 0 aromatic heterocycles. The van der Waals surface area contributed by atoms with Gasteiger partial charge < -0.3 is 15.8 Å². The van der Waals surface area contributed by atoms with Crippen molar-refractivity contribution >= 4 is 17.7 Å². The van der Waals surface area contributed by atoms with Gasteiger partial charge in [-0.15, -0.1) is 0 Å². The lowest BCUT2D eigenvalue weighted by atomic mass is 10.0. The zero-order valence-electron chi connectivity index (χ0n) is 17.3. The number of rotatable bonds is 10. The summed E-state index contributed by atoms with van der Waals surface area (Å²) in [6, 6.07) is 11.5. The highest BCUT2D eigenvalue weighted by atomic mass is 32.2. The molecule has 0 aliphatic heterocycles. The van der Waals surface area contributed by atoms with E-state index in [9.17, 15) is 18.0 Å². The average molecular weight is 441 g/mol. The summed E-state index contributed by atoms with van der Waals surface area (Å²) in [5, 5.41) is 3.20. The highest BCUT2D eigenvalue weighted by Crippen LogP contribution is 2.36. The summed E-state index contributed by atoms with van der Waals surface area (Å²) in [5.74, 6) is 0.690. The average Bonchev–Trinajstić information content (AvgIpc) is 2.64. The predicted octanol–water partition coefficient (Wildman–Crippen LogP) is 5.18. The minimum Gasteiger partial charge on any atom is -0.489 e. The van der Waals surface area contributed by atoms with Crippen LogP contribution in [-0.2, 0) is 17.9 Å². The Bertz CT molecular complexity index is 839. The normalized spacial score (nSPS) is 12.8. The summed E-state index contributed by atoms with van der Waals surface area (Å²) in [4.78, 5) is 11.7. The minimum atomic E-state index is -4.29. The fourth-order valence-corrected chi connectivity index (χ4v) is 3.48. The summed E-state index contributed by atoms with van der Waals surface area (Å²) in [5.41, 5.74) is 3.88. The second-order valence-corrected chi connectivity index (χ2v) is 8.68. The molecule has 0 radical (unpaired) electrons. The van der Waals surface area contributed by atoms with E-state index in [4.69, 9.17) is 10.5 Å². The first-order valence-corrected chi connectivity index (χ1v) is 10.4. The third kappa shape index (κ3) is 8.28. The van der Waals surface area contributed by atoms with Gasteiger partial charge in [-0.25, -0.2) is 0 Å². The number of primary amides is 1. The van der Waals surface area contributed by atoms with E-state index in [1.165, 1.54) is 12.1 Å². The molecule has 0 fully saturated rings. The van der Waals surface area contributed by atoms with Crippen LogP contribution in [0.3, 0.4) is 0 Å². The molecule has 0 spiro atoms. The lowest BCUT2D eigenvalue weighted by Crippen LogP contribution is -2.41. The standard InChI is InChI=1S/C22H27F3N2O2S/c1-14(2)10-19(21(26)28)27-12-17-6-9-20(15(3)11-17)29-13-16-4-7-18(8-5-16)30-22(23,24)25/h4-9,11,14,19,27H,10,12-13H2,1-3H3,(H2,26,28)/t19-/m0/s1. The molecule has 0 unspecified atom stereocenters. The molecule has 2 rings (SSSR count). The molecule has 0 aliphatic carbocycles. The van der Waals surface area contributed by atoms with Gasteiger partial charge in [-0.05, 0) is 65.9 Å². The number of carbonyl (C=O) groups excluding carboxylic acids is 1. The molecular formula is C22H27F3N2O2S. The molecule has 4 nitrogen and oxygen atoms in total. The van der Waals surface area contributed by atoms with Gasteiger partial charge in [0, 0.05) is 11.4 Å². The number of hydrogen-bond donors (Lipinski definition) is 2. The number of halogens is 3. The number of nitrogens with two attached hydrogens (primary N) is 1. The maximum absolute atomic E-state index is 12.4. The van der Waals surface area contributed by atoms with Gasteiger partial charge in [0.25, 0.3) is 0 Å². The van der Waals surface area contributed by atoms with Crippen molar-refractivity contribution in [1.29, 1.82) is 0 Å². The van der Waals surface area contributed by atoms with Gasteiger partial charge in [0.15, 0.2) is 0 Å².